The Balaban J connectivity index is 1.32. The second-order valence-corrected chi connectivity index (χ2v) is 10.1. The van der Waals surface area contributed by atoms with Crippen molar-refractivity contribution < 1.29 is 32.2 Å². The Labute approximate surface area is 199 Å². The number of anilines is 1. The zero-order valence-electron chi connectivity index (χ0n) is 19.0. The first-order chi connectivity index (χ1) is 16.4. The molecule has 1 amide bonds. The summed E-state index contributed by atoms with van der Waals surface area (Å²) < 4.78 is 43.6. The summed E-state index contributed by atoms with van der Waals surface area (Å²) in [4.78, 5) is 24.8. The van der Waals surface area contributed by atoms with Crippen molar-refractivity contribution in [3.63, 3.8) is 0 Å². The third kappa shape index (κ3) is 5.34. The summed E-state index contributed by atoms with van der Waals surface area (Å²) >= 11 is 0. The van der Waals surface area contributed by atoms with Crippen LogP contribution in [0.15, 0.2) is 47.4 Å². The minimum Gasteiger partial charge on any atom is -0.486 e. The lowest BCUT2D eigenvalue weighted by atomic mass is 9.97. The third-order valence-corrected chi connectivity index (χ3v) is 7.70. The van der Waals surface area contributed by atoms with E-state index in [2.05, 4.69) is 5.32 Å². The highest BCUT2D eigenvalue weighted by Gasteiger charge is 2.33. The lowest BCUT2D eigenvalue weighted by Gasteiger charge is -2.30. The van der Waals surface area contributed by atoms with Crippen molar-refractivity contribution >= 4 is 27.6 Å². The normalized spacial score (nSPS) is 16.6. The van der Waals surface area contributed by atoms with E-state index in [4.69, 9.17) is 14.2 Å². The Morgan fingerprint density at radius 1 is 1.03 bits per heavy atom. The number of carbonyl (C=O) groups is 2. The van der Waals surface area contributed by atoms with Gasteiger partial charge in [0, 0.05) is 30.8 Å². The van der Waals surface area contributed by atoms with Gasteiger partial charge in [-0.25, -0.2) is 13.2 Å². The van der Waals surface area contributed by atoms with Crippen LogP contribution in [0.25, 0.3) is 0 Å². The summed E-state index contributed by atoms with van der Waals surface area (Å²) in [6.45, 7) is 3.59. The van der Waals surface area contributed by atoms with Crippen LogP contribution in [-0.4, -0.2) is 57.5 Å². The fourth-order valence-electron chi connectivity index (χ4n) is 3.90. The Morgan fingerprint density at radius 2 is 1.71 bits per heavy atom. The van der Waals surface area contributed by atoms with Crippen LogP contribution in [-0.2, 0) is 19.6 Å². The van der Waals surface area contributed by atoms with Crippen LogP contribution in [0.5, 0.6) is 11.5 Å². The highest BCUT2D eigenvalue weighted by atomic mass is 32.2. The molecule has 34 heavy (non-hydrogen) atoms. The highest BCUT2D eigenvalue weighted by molar-refractivity contribution is 7.89. The van der Waals surface area contributed by atoms with Gasteiger partial charge in [-0.3, -0.25) is 4.79 Å². The number of rotatable bonds is 7. The van der Waals surface area contributed by atoms with E-state index >= 15 is 0 Å². The number of ether oxygens (including phenoxy) is 3. The highest BCUT2D eigenvalue weighted by Crippen LogP contribution is 2.34. The molecule has 0 aromatic heterocycles. The SMILES string of the molecule is CCCOC(=O)c1ccc(NC(=O)C2CCN(S(=O)(=O)c3ccc4c(c3)OCCO4)CC2)cc1. The molecule has 2 aromatic carbocycles. The maximum atomic E-state index is 13.1. The summed E-state index contributed by atoms with van der Waals surface area (Å²) in [6, 6.07) is 11.1. The van der Waals surface area contributed by atoms with Crippen LogP contribution in [0.2, 0.25) is 0 Å². The molecule has 2 aromatic rings. The third-order valence-electron chi connectivity index (χ3n) is 5.80. The van der Waals surface area contributed by atoms with Crippen LogP contribution >= 0.6 is 0 Å². The molecular weight excluding hydrogens is 460 g/mol. The van der Waals surface area contributed by atoms with Crippen LogP contribution in [0, 0.1) is 5.92 Å². The molecule has 10 heteroatoms. The first kappa shape index (κ1) is 24.0. The fourth-order valence-corrected chi connectivity index (χ4v) is 5.39. The standard InChI is InChI=1S/C24H28N2O7S/c1-2-13-33-24(28)18-3-5-19(6-4-18)25-23(27)17-9-11-26(12-10-17)34(29,30)20-7-8-21-22(16-20)32-15-14-31-21/h3-8,16-17H,2,9-15H2,1H3,(H,25,27). The van der Waals surface area contributed by atoms with E-state index in [-0.39, 0.29) is 29.8 Å². The summed E-state index contributed by atoms with van der Waals surface area (Å²) in [5.41, 5.74) is 0.993. The molecule has 182 valence electrons. The van der Waals surface area contributed by atoms with Crippen LogP contribution in [0.1, 0.15) is 36.5 Å². The second-order valence-electron chi connectivity index (χ2n) is 8.19. The van der Waals surface area contributed by atoms with Gasteiger partial charge in [-0.05, 0) is 55.7 Å². The number of hydrogen-bond acceptors (Lipinski definition) is 7. The van der Waals surface area contributed by atoms with Crippen molar-refractivity contribution in [1.82, 2.24) is 4.31 Å². The number of hydrogen-bond donors (Lipinski definition) is 1. The number of benzene rings is 2. The second kappa shape index (κ2) is 10.4. The Hall–Kier alpha value is -3.11. The average Bonchev–Trinajstić information content (AvgIpc) is 2.87. The molecule has 9 nitrogen and oxygen atoms in total. The first-order valence-electron chi connectivity index (χ1n) is 11.4. The molecule has 0 atom stereocenters. The lowest BCUT2D eigenvalue weighted by Crippen LogP contribution is -2.41. The zero-order valence-corrected chi connectivity index (χ0v) is 19.8. The minimum atomic E-state index is -3.70. The van der Waals surface area contributed by atoms with Gasteiger partial charge in [-0.2, -0.15) is 4.31 Å². The quantitative estimate of drug-likeness (QED) is 0.596. The van der Waals surface area contributed by atoms with Gasteiger partial charge >= 0.3 is 5.97 Å². The van der Waals surface area contributed by atoms with E-state index in [1.54, 1.807) is 30.3 Å². The monoisotopic (exact) mass is 488 g/mol. The van der Waals surface area contributed by atoms with Gasteiger partial charge < -0.3 is 19.5 Å². The van der Waals surface area contributed by atoms with Crippen molar-refractivity contribution in [3.8, 4) is 11.5 Å². The van der Waals surface area contributed by atoms with Gasteiger partial charge in [0.05, 0.1) is 17.1 Å². The molecule has 0 radical (unpaired) electrons. The van der Waals surface area contributed by atoms with Crippen molar-refractivity contribution in [2.75, 3.05) is 38.2 Å². The molecule has 0 unspecified atom stereocenters. The van der Waals surface area contributed by atoms with E-state index in [0.717, 1.165) is 6.42 Å². The van der Waals surface area contributed by atoms with E-state index < -0.39 is 16.0 Å². The number of carbonyl (C=O) groups excluding carboxylic acids is 2. The van der Waals surface area contributed by atoms with Crippen molar-refractivity contribution in [3.05, 3.63) is 48.0 Å². The number of amides is 1. The summed E-state index contributed by atoms with van der Waals surface area (Å²) in [7, 11) is -3.70. The molecule has 0 aliphatic carbocycles. The van der Waals surface area contributed by atoms with Gasteiger partial charge in [-0.1, -0.05) is 6.92 Å². The lowest BCUT2D eigenvalue weighted by molar-refractivity contribution is -0.120. The maximum Gasteiger partial charge on any atom is 0.338 e. The van der Waals surface area contributed by atoms with Crippen LogP contribution in [0.3, 0.4) is 0 Å². The van der Waals surface area contributed by atoms with Crippen LogP contribution < -0.4 is 14.8 Å². The van der Waals surface area contributed by atoms with Crippen molar-refractivity contribution in [2.45, 2.75) is 31.1 Å². The van der Waals surface area contributed by atoms with Gasteiger partial charge in [-0.15, -0.1) is 0 Å². The Kier molecular flexibility index (Phi) is 7.38. The number of nitrogens with one attached hydrogen (secondary N) is 1. The molecule has 2 aliphatic rings. The number of piperidine rings is 1. The molecule has 0 bridgehead atoms. The number of nitrogens with zero attached hydrogens (tertiary/aromatic N) is 1. The largest absolute Gasteiger partial charge is 0.486 e. The summed E-state index contributed by atoms with van der Waals surface area (Å²) in [6.07, 6.45) is 1.57. The molecular formula is C24H28N2O7S. The summed E-state index contributed by atoms with van der Waals surface area (Å²) in [5, 5.41) is 2.85. The molecule has 0 saturated carbocycles. The first-order valence-corrected chi connectivity index (χ1v) is 12.8. The molecule has 1 N–H and O–H groups in total. The van der Waals surface area contributed by atoms with Crippen molar-refractivity contribution in [2.24, 2.45) is 5.92 Å². The van der Waals surface area contributed by atoms with Crippen LogP contribution in [0.4, 0.5) is 5.69 Å². The molecule has 4 rings (SSSR count). The van der Waals surface area contributed by atoms with Gasteiger partial charge in [0.2, 0.25) is 15.9 Å². The Bertz CT molecular complexity index is 1140. The van der Waals surface area contributed by atoms with E-state index in [0.29, 0.717) is 55.4 Å². The Morgan fingerprint density at radius 3 is 2.38 bits per heavy atom. The van der Waals surface area contributed by atoms with Gasteiger partial charge in [0.15, 0.2) is 11.5 Å². The van der Waals surface area contributed by atoms with Gasteiger partial charge in [0.25, 0.3) is 0 Å². The van der Waals surface area contributed by atoms with E-state index in [9.17, 15) is 18.0 Å². The topological polar surface area (TPSA) is 111 Å². The maximum absolute atomic E-state index is 13.1. The van der Waals surface area contributed by atoms with Crippen molar-refractivity contribution in [1.29, 1.82) is 0 Å². The predicted octanol–water partition coefficient (Wildman–Crippen LogP) is 3.06. The number of sulfonamides is 1. The van der Waals surface area contributed by atoms with E-state index in [1.165, 1.54) is 16.4 Å². The molecule has 2 aliphatic heterocycles. The minimum absolute atomic E-state index is 0.150. The molecule has 2 heterocycles. The number of fused-ring (bicyclic) bond motifs is 1. The molecule has 0 spiro atoms. The molecule has 1 fully saturated rings. The predicted molar refractivity (Wildman–Crippen MR) is 125 cm³/mol. The molecule has 1 saturated heterocycles. The zero-order chi connectivity index (χ0) is 24.1. The number of esters is 1. The fraction of sp³-hybridized carbons (Fsp3) is 0.417. The smallest absolute Gasteiger partial charge is 0.338 e. The summed E-state index contributed by atoms with van der Waals surface area (Å²) in [5.74, 6) is 0.0858. The van der Waals surface area contributed by atoms with E-state index in [1.807, 2.05) is 6.92 Å². The van der Waals surface area contributed by atoms with Gasteiger partial charge in [0.1, 0.15) is 13.2 Å². The average molecular weight is 489 g/mol.